The van der Waals surface area contributed by atoms with Gasteiger partial charge in [0.1, 0.15) is 0 Å². The highest BCUT2D eigenvalue weighted by Crippen LogP contribution is 2.36. The molecule has 0 aromatic carbocycles. The van der Waals surface area contributed by atoms with Crippen LogP contribution >= 0.6 is 0 Å². The zero-order chi connectivity index (χ0) is 31.0. The van der Waals surface area contributed by atoms with E-state index in [1.165, 1.54) is 6.20 Å². The van der Waals surface area contributed by atoms with Crippen LogP contribution in [0, 0.1) is 17.8 Å². The number of imide groups is 1. The molecule has 0 spiro atoms. The van der Waals surface area contributed by atoms with Crippen LogP contribution in [-0.4, -0.2) is 71.1 Å². The van der Waals surface area contributed by atoms with Gasteiger partial charge in [-0.25, -0.2) is 23.3 Å². The van der Waals surface area contributed by atoms with Crippen molar-refractivity contribution in [1.82, 2.24) is 15.2 Å². The molecule has 1 aliphatic carbocycles. The largest absolute Gasteiger partial charge is 0.464 e. The number of β-lactam (4-membered cyclic amide) rings is 1. The Bertz CT molecular complexity index is 1150. The van der Waals surface area contributed by atoms with Gasteiger partial charge in [-0.2, -0.15) is 0 Å². The lowest BCUT2D eigenvalue weighted by molar-refractivity contribution is -0.169. The Morgan fingerprint density at radius 2 is 1.81 bits per heavy atom. The fourth-order valence-corrected chi connectivity index (χ4v) is 5.32. The summed E-state index contributed by atoms with van der Waals surface area (Å²) in [6.07, 6.45) is 4.76. The van der Waals surface area contributed by atoms with E-state index in [4.69, 9.17) is 14.2 Å². The van der Waals surface area contributed by atoms with E-state index in [0.717, 1.165) is 26.2 Å². The number of pyridine rings is 1. The lowest BCUT2D eigenvalue weighted by Gasteiger charge is -2.45. The van der Waals surface area contributed by atoms with Crippen molar-refractivity contribution in [3.63, 3.8) is 0 Å². The number of carbonyl (C=O) groups is 5. The highest BCUT2D eigenvalue weighted by atomic mass is 19.3. The first-order chi connectivity index (χ1) is 19.8. The molecule has 0 bridgehead atoms. The molecule has 1 saturated carbocycles. The third-order valence-corrected chi connectivity index (χ3v) is 7.46. The average molecular weight is 596 g/mol. The maximum atomic E-state index is 14.5. The molecule has 1 aromatic rings. The molecule has 13 heteroatoms. The summed E-state index contributed by atoms with van der Waals surface area (Å²) in [4.78, 5) is 67.6. The van der Waals surface area contributed by atoms with Crippen LogP contribution in [-0.2, 0) is 46.2 Å². The molecule has 11 nitrogen and oxygen atoms in total. The van der Waals surface area contributed by atoms with Crippen LogP contribution in [0.25, 0.3) is 0 Å². The Morgan fingerprint density at radius 3 is 2.43 bits per heavy atom. The number of esters is 3. The maximum absolute atomic E-state index is 14.5. The van der Waals surface area contributed by atoms with E-state index in [1.807, 2.05) is 0 Å². The molecule has 2 heterocycles. The van der Waals surface area contributed by atoms with E-state index >= 15 is 0 Å². The molecule has 1 saturated heterocycles. The molecular weight excluding hydrogens is 556 g/mol. The smallest absolute Gasteiger partial charge is 0.330 e. The monoisotopic (exact) mass is 595 g/mol. The van der Waals surface area contributed by atoms with Gasteiger partial charge >= 0.3 is 23.9 Å². The molecule has 2 aliphatic rings. The molecule has 3 atom stereocenters. The first kappa shape index (κ1) is 32.9. The molecule has 2 fully saturated rings. The van der Waals surface area contributed by atoms with Gasteiger partial charge in [0, 0.05) is 13.1 Å². The molecular formula is C29H39F2N3O8. The topological polar surface area (TPSA) is 141 Å². The standard InChI is InChI=1S/C29H39F2N3O8/c1-5-40-27(38)23-21(14-18-11-12-32-20(13-18)15-22(35)41-16-42-26(37)17(2)3)25(36)34(23)28(39)33-24(29(4,30)31)19-9-7-6-8-10-19/h11-13,17,19,21,23-24H,5-10,14-16H2,1-4H3,(H,33,39)/t21-,23+,24+/m1/s1. The Morgan fingerprint density at radius 1 is 1.12 bits per heavy atom. The number of nitrogens with zero attached hydrogens (tertiary/aromatic N) is 2. The number of alkyl halides is 2. The summed E-state index contributed by atoms with van der Waals surface area (Å²) in [5.74, 6) is -7.75. The second kappa shape index (κ2) is 14.5. The van der Waals surface area contributed by atoms with Crippen molar-refractivity contribution in [2.24, 2.45) is 17.8 Å². The predicted octanol–water partition coefficient (Wildman–Crippen LogP) is 3.57. The number of aromatic nitrogens is 1. The molecule has 42 heavy (non-hydrogen) atoms. The van der Waals surface area contributed by atoms with Crippen LogP contribution in [0.15, 0.2) is 18.3 Å². The van der Waals surface area contributed by atoms with Crippen LogP contribution in [0.2, 0.25) is 0 Å². The van der Waals surface area contributed by atoms with Gasteiger partial charge in [-0.1, -0.05) is 33.1 Å². The van der Waals surface area contributed by atoms with E-state index in [1.54, 1.807) is 32.9 Å². The average Bonchev–Trinajstić information content (AvgIpc) is 2.93. The van der Waals surface area contributed by atoms with Gasteiger partial charge < -0.3 is 19.5 Å². The Hall–Kier alpha value is -3.64. The third kappa shape index (κ3) is 8.45. The van der Waals surface area contributed by atoms with Crippen molar-refractivity contribution in [2.45, 2.75) is 90.6 Å². The number of amides is 3. The fraction of sp³-hybridized carbons (Fsp3) is 0.655. The minimum absolute atomic E-state index is 0.00255. The summed E-state index contributed by atoms with van der Waals surface area (Å²) in [6, 6.07) is -0.684. The van der Waals surface area contributed by atoms with Crippen molar-refractivity contribution < 1.29 is 47.0 Å². The van der Waals surface area contributed by atoms with E-state index in [0.29, 0.717) is 29.0 Å². The van der Waals surface area contributed by atoms with Crippen LogP contribution in [0.5, 0.6) is 0 Å². The highest BCUT2D eigenvalue weighted by Gasteiger charge is 2.56. The van der Waals surface area contributed by atoms with Gasteiger partial charge in [0.15, 0.2) is 6.04 Å². The Balaban J connectivity index is 1.68. The number of carbonyl (C=O) groups excluding carboxylic acids is 5. The second-order valence-electron chi connectivity index (χ2n) is 11.1. The predicted molar refractivity (Wildman–Crippen MR) is 144 cm³/mol. The zero-order valence-corrected chi connectivity index (χ0v) is 24.4. The van der Waals surface area contributed by atoms with Gasteiger partial charge in [0.2, 0.25) is 12.7 Å². The number of likely N-dealkylation sites (tertiary alicyclic amines) is 1. The van der Waals surface area contributed by atoms with Crippen molar-refractivity contribution >= 4 is 29.8 Å². The van der Waals surface area contributed by atoms with Crippen LogP contribution in [0.3, 0.4) is 0 Å². The summed E-state index contributed by atoms with van der Waals surface area (Å²) in [5.41, 5.74) is 0.856. The fourth-order valence-electron chi connectivity index (χ4n) is 5.32. The van der Waals surface area contributed by atoms with Crippen LogP contribution in [0.4, 0.5) is 13.6 Å². The molecule has 1 aromatic heterocycles. The van der Waals surface area contributed by atoms with Gasteiger partial charge in [0.25, 0.3) is 5.92 Å². The van der Waals surface area contributed by atoms with Gasteiger partial charge in [-0.15, -0.1) is 0 Å². The lowest BCUT2D eigenvalue weighted by Crippen LogP contribution is -2.70. The number of ether oxygens (including phenoxy) is 3. The van der Waals surface area contributed by atoms with Crippen LogP contribution in [0.1, 0.15) is 71.1 Å². The number of nitrogens with one attached hydrogen (secondary N) is 1. The molecule has 1 aliphatic heterocycles. The number of rotatable bonds is 12. The highest BCUT2D eigenvalue weighted by molar-refractivity contribution is 6.08. The lowest BCUT2D eigenvalue weighted by atomic mass is 9.81. The summed E-state index contributed by atoms with van der Waals surface area (Å²) in [7, 11) is 0. The van der Waals surface area contributed by atoms with E-state index in [2.05, 4.69) is 10.3 Å². The summed E-state index contributed by atoms with van der Waals surface area (Å²) >= 11 is 0. The summed E-state index contributed by atoms with van der Waals surface area (Å²) in [5, 5.41) is 2.35. The maximum Gasteiger partial charge on any atom is 0.330 e. The minimum Gasteiger partial charge on any atom is -0.464 e. The molecule has 0 unspecified atom stereocenters. The second-order valence-corrected chi connectivity index (χ2v) is 11.1. The summed E-state index contributed by atoms with van der Waals surface area (Å²) < 4.78 is 43.9. The molecule has 0 radical (unpaired) electrons. The Labute approximate surface area is 243 Å². The first-order valence-electron chi connectivity index (χ1n) is 14.3. The van der Waals surface area contributed by atoms with E-state index < -0.39 is 66.5 Å². The minimum atomic E-state index is -3.23. The SMILES string of the molecule is CCOC(=O)[C@@H]1[C@@H](Cc2ccnc(CC(=O)OCOC(=O)C(C)C)c2)C(=O)N1C(=O)N[C@@H](C1CCCCC1)C(C)(F)F. The normalized spacial score (nSPS) is 20.0. The van der Waals surface area contributed by atoms with Crippen molar-refractivity contribution in [3.8, 4) is 0 Å². The Kier molecular flexibility index (Phi) is 11.3. The van der Waals surface area contributed by atoms with Gasteiger partial charge in [-0.3, -0.25) is 19.4 Å². The number of hydrogen-bond donors (Lipinski definition) is 1. The molecule has 1 N–H and O–H groups in total. The first-order valence-corrected chi connectivity index (χ1v) is 14.3. The van der Waals surface area contributed by atoms with Crippen molar-refractivity contribution in [3.05, 3.63) is 29.6 Å². The van der Waals surface area contributed by atoms with E-state index in [9.17, 15) is 32.8 Å². The van der Waals surface area contributed by atoms with Crippen LogP contribution < -0.4 is 5.32 Å². The molecule has 3 amide bonds. The van der Waals surface area contributed by atoms with Crippen molar-refractivity contribution in [2.75, 3.05) is 13.4 Å². The third-order valence-electron chi connectivity index (χ3n) is 7.46. The van der Waals surface area contributed by atoms with Crippen molar-refractivity contribution in [1.29, 1.82) is 0 Å². The van der Waals surface area contributed by atoms with Gasteiger partial charge in [0.05, 0.1) is 36.6 Å². The van der Waals surface area contributed by atoms with Gasteiger partial charge in [-0.05, 0) is 49.8 Å². The number of hydrogen-bond acceptors (Lipinski definition) is 9. The zero-order valence-electron chi connectivity index (χ0n) is 24.4. The number of urea groups is 1. The van der Waals surface area contributed by atoms with E-state index in [-0.39, 0.29) is 25.4 Å². The molecule has 3 rings (SSSR count). The number of halogens is 2. The quantitative estimate of drug-likeness (QED) is 0.218. The summed E-state index contributed by atoms with van der Waals surface area (Å²) in [6.45, 7) is 5.07. The molecule has 232 valence electrons.